The summed E-state index contributed by atoms with van der Waals surface area (Å²) in [4.78, 5) is 0. The molecule has 1 aromatic rings. The van der Waals surface area contributed by atoms with Gasteiger partial charge in [-0.15, -0.1) is 5.10 Å². The molecule has 0 aromatic carbocycles. The van der Waals surface area contributed by atoms with E-state index in [1.807, 2.05) is 0 Å². The zero-order valence-electron chi connectivity index (χ0n) is 14.7. The molecule has 3 nitrogen and oxygen atoms in total. The lowest BCUT2D eigenvalue weighted by molar-refractivity contribution is 0.464. The van der Waals surface area contributed by atoms with E-state index in [-0.39, 0.29) is 9.28 Å². The minimum absolute atomic E-state index is 0.149. The number of hydrogen-bond acceptors (Lipinski definition) is 2. The Bertz CT molecular complexity index is 504. The summed E-state index contributed by atoms with van der Waals surface area (Å²) in [5.41, 5.74) is 0. The number of aromatic nitrogens is 3. The predicted octanol–water partition coefficient (Wildman–Crippen LogP) is 2.01. The average molecular weight is 214 g/mol. The molecule has 4 heteroatoms. The van der Waals surface area contributed by atoms with Crippen LogP contribution in [-0.4, -0.2) is 15.0 Å². The second-order valence-corrected chi connectivity index (χ2v) is 2.13. The van der Waals surface area contributed by atoms with Gasteiger partial charge in [0.1, 0.15) is 4.60 Å². The molecule has 0 aliphatic carbocycles. The van der Waals surface area contributed by atoms with Crippen LogP contribution in [0.3, 0.4) is 0 Å². The van der Waals surface area contributed by atoms with Crippen molar-refractivity contribution in [1.29, 1.82) is 0 Å². The van der Waals surface area contributed by atoms with Gasteiger partial charge in [-0.25, -0.2) is 4.68 Å². The summed E-state index contributed by atoms with van der Waals surface area (Å²) >= 11 is 2.78. The Morgan fingerprint density at radius 3 is 3.70 bits per heavy atom. The number of rotatable bonds is 2. The van der Waals surface area contributed by atoms with Gasteiger partial charge >= 0.3 is 0 Å². The molecule has 1 rings (SSSR count). The van der Waals surface area contributed by atoms with Gasteiger partial charge in [-0.2, -0.15) is 0 Å². The van der Waals surface area contributed by atoms with Crippen molar-refractivity contribution < 1.29 is 13.7 Å². The standard InChI is InChI=1S/C6H10BrN3/c1-3-5(2)10-4-6(7)8-9-10/h4-5H,3H2,1-2H3/i1D3,2D3,3D2,4D,5D. The van der Waals surface area contributed by atoms with E-state index in [4.69, 9.17) is 13.7 Å². The molecular weight excluding hydrogens is 194 g/mol. The molecule has 10 heavy (non-hydrogen) atoms. The minimum atomic E-state index is -3.49. The summed E-state index contributed by atoms with van der Waals surface area (Å²) < 4.78 is 74.1. The zero-order valence-corrected chi connectivity index (χ0v) is 6.31. The van der Waals surface area contributed by atoms with Gasteiger partial charge in [0.2, 0.25) is 0 Å². The van der Waals surface area contributed by atoms with E-state index in [1.165, 1.54) is 0 Å². The Balaban J connectivity index is 3.68. The second kappa shape index (κ2) is 3.14. The van der Waals surface area contributed by atoms with E-state index in [1.54, 1.807) is 0 Å². The van der Waals surface area contributed by atoms with Crippen molar-refractivity contribution in [3.63, 3.8) is 0 Å². The van der Waals surface area contributed by atoms with Crippen LogP contribution in [0.2, 0.25) is 0 Å². The molecule has 56 valence electrons. The lowest BCUT2D eigenvalue weighted by atomic mass is 10.3. The molecule has 0 saturated heterocycles. The molecule has 0 aliphatic rings. The Hall–Kier alpha value is -0.380. The van der Waals surface area contributed by atoms with E-state index in [0.29, 0.717) is 0 Å². The van der Waals surface area contributed by atoms with Gasteiger partial charge in [0.25, 0.3) is 0 Å². The van der Waals surface area contributed by atoms with Crippen molar-refractivity contribution in [3.05, 3.63) is 10.8 Å². The monoisotopic (exact) mass is 213 g/mol. The SMILES string of the molecule is [2H]c1c(Br)nnn1C([2H])(C([2H])([2H])[2H])C([2H])([2H])C([2H])([2H])[2H]. The Kier molecular flexibility index (Phi) is 0.584. The fraction of sp³-hybridized carbons (Fsp3) is 0.667. The van der Waals surface area contributed by atoms with Crippen molar-refractivity contribution in [2.24, 2.45) is 0 Å². The molecule has 1 aromatic heterocycles. The topological polar surface area (TPSA) is 30.7 Å². The maximum atomic E-state index is 7.95. The molecule has 0 N–H and O–H groups in total. The van der Waals surface area contributed by atoms with Crippen LogP contribution >= 0.6 is 15.9 Å². The first kappa shape index (κ1) is 1.86. The Labute approximate surface area is 82.6 Å². The highest BCUT2D eigenvalue weighted by Crippen LogP contribution is 2.10. The van der Waals surface area contributed by atoms with E-state index in [0.717, 1.165) is 0 Å². The molecular formula is C6H10BrN3. The largest absolute Gasteiger partial charge is 0.249 e. The van der Waals surface area contributed by atoms with Crippen molar-refractivity contribution in [2.75, 3.05) is 0 Å². The Morgan fingerprint density at radius 2 is 3.20 bits per heavy atom. The van der Waals surface area contributed by atoms with Crippen molar-refractivity contribution in [3.8, 4) is 0 Å². The first-order chi connectivity index (χ1) is 8.68. The lowest BCUT2D eigenvalue weighted by Crippen LogP contribution is -2.03. The maximum absolute atomic E-state index is 7.95. The van der Waals surface area contributed by atoms with E-state index in [2.05, 4.69) is 26.2 Å². The summed E-state index contributed by atoms with van der Waals surface area (Å²) in [6, 6.07) is -3.33. The normalized spacial score (nSPS) is 35.3. The number of hydrogen-bond donors (Lipinski definition) is 0. The summed E-state index contributed by atoms with van der Waals surface area (Å²) in [6.45, 7) is -6.80. The van der Waals surface area contributed by atoms with Crippen LogP contribution in [0.25, 0.3) is 0 Å². The lowest BCUT2D eigenvalue weighted by Gasteiger charge is -2.05. The average Bonchev–Trinajstić information content (AvgIpc) is 2.55. The highest BCUT2D eigenvalue weighted by atomic mass is 79.9. The molecule has 0 aliphatic heterocycles. The van der Waals surface area contributed by atoms with Gasteiger partial charge in [0.05, 0.1) is 14.9 Å². The molecule has 0 spiro atoms. The first-order valence-electron chi connectivity index (χ1n) is 7.26. The third-order valence-electron chi connectivity index (χ3n) is 0.750. The molecule has 0 amide bonds. The highest BCUT2D eigenvalue weighted by molar-refractivity contribution is 9.10. The zero-order chi connectivity index (χ0) is 16.1. The third kappa shape index (κ3) is 1.56. The molecule has 1 unspecified atom stereocenters. The van der Waals surface area contributed by atoms with Crippen molar-refractivity contribution in [1.82, 2.24) is 15.0 Å². The minimum Gasteiger partial charge on any atom is -0.249 e. The Morgan fingerprint density at radius 1 is 2.30 bits per heavy atom. The fourth-order valence-corrected chi connectivity index (χ4v) is 0.609. The fourth-order valence-electron chi connectivity index (χ4n) is 0.370. The number of nitrogens with zero attached hydrogens (tertiary/aromatic N) is 3. The van der Waals surface area contributed by atoms with Gasteiger partial charge in [-0.1, -0.05) is 12.1 Å². The van der Waals surface area contributed by atoms with Gasteiger partial charge < -0.3 is 0 Å². The number of halogens is 1. The molecule has 0 fully saturated rings. The smallest absolute Gasteiger partial charge is 0.148 e. The van der Waals surface area contributed by atoms with Gasteiger partial charge in [0, 0.05) is 11.0 Å². The predicted molar refractivity (Wildman–Crippen MR) is 42.7 cm³/mol. The molecule has 0 saturated carbocycles. The van der Waals surface area contributed by atoms with Gasteiger partial charge in [0.15, 0.2) is 0 Å². The highest BCUT2D eigenvalue weighted by Gasteiger charge is 2.02. The van der Waals surface area contributed by atoms with E-state index < -0.39 is 32.3 Å². The van der Waals surface area contributed by atoms with E-state index >= 15 is 0 Å². The van der Waals surface area contributed by atoms with Crippen LogP contribution < -0.4 is 0 Å². The van der Waals surface area contributed by atoms with Crippen LogP contribution in [0.5, 0.6) is 0 Å². The van der Waals surface area contributed by atoms with Crippen LogP contribution in [0.15, 0.2) is 10.8 Å². The second-order valence-electron chi connectivity index (χ2n) is 1.38. The summed E-state index contributed by atoms with van der Waals surface area (Å²) in [5.74, 6) is 0. The van der Waals surface area contributed by atoms with E-state index in [9.17, 15) is 0 Å². The maximum Gasteiger partial charge on any atom is 0.148 e. The van der Waals surface area contributed by atoms with Gasteiger partial charge in [-0.3, -0.25) is 0 Å². The molecule has 1 heterocycles. The van der Waals surface area contributed by atoms with Crippen LogP contribution in [0.1, 0.15) is 39.8 Å². The van der Waals surface area contributed by atoms with Crippen LogP contribution in [-0.2, 0) is 0 Å². The molecule has 1 atom stereocenters. The molecule has 0 bridgehead atoms. The quantitative estimate of drug-likeness (QED) is 0.753. The van der Waals surface area contributed by atoms with Crippen molar-refractivity contribution >= 4 is 15.9 Å². The first-order valence-corrected chi connectivity index (χ1v) is 3.05. The van der Waals surface area contributed by atoms with Crippen LogP contribution in [0.4, 0.5) is 0 Å². The summed E-state index contributed by atoms with van der Waals surface area (Å²) in [5, 5.41) is 6.54. The third-order valence-corrected chi connectivity index (χ3v) is 1.09. The van der Waals surface area contributed by atoms with Gasteiger partial charge in [-0.05, 0) is 29.2 Å². The van der Waals surface area contributed by atoms with Crippen molar-refractivity contribution in [2.45, 2.75) is 26.1 Å². The summed E-state index contributed by atoms with van der Waals surface area (Å²) in [7, 11) is 0. The van der Waals surface area contributed by atoms with Crippen LogP contribution in [0, 0.1) is 0 Å². The molecule has 0 radical (unpaired) electrons. The summed E-state index contributed by atoms with van der Waals surface area (Å²) in [6.07, 6.45) is -4.20.